The molecule has 110 valence electrons. The predicted octanol–water partition coefficient (Wildman–Crippen LogP) is 2.28. The van der Waals surface area contributed by atoms with E-state index in [1.807, 2.05) is 18.2 Å². The number of nitrogens with one attached hydrogen (secondary N) is 1. The Morgan fingerprint density at radius 1 is 1.38 bits per heavy atom. The fourth-order valence-electron chi connectivity index (χ4n) is 3.55. The van der Waals surface area contributed by atoms with Gasteiger partial charge in [-0.25, -0.2) is 0 Å². The minimum absolute atomic E-state index is 0.398. The Morgan fingerprint density at radius 3 is 3.10 bits per heavy atom. The molecular formula is C16H19N3O2. The van der Waals surface area contributed by atoms with E-state index in [0.717, 1.165) is 29.4 Å². The third-order valence-corrected chi connectivity index (χ3v) is 4.60. The van der Waals surface area contributed by atoms with Gasteiger partial charge in [0.25, 0.3) is 0 Å². The lowest BCUT2D eigenvalue weighted by Crippen LogP contribution is -2.21. The van der Waals surface area contributed by atoms with E-state index in [1.54, 1.807) is 7.11 Å². The molecule has 0 radical (unpaired) electrons. The van der Waals surface area contributed by atoms with Crippen molar-refractivity contribution in [3.8, 4) is 5.75 Å². The first-order valence-electron chi connectivity index (χ1n) is 7.53. The van der Waals surface area contributed by atoms with Crippen molar-refractivity contribution in [2.24, 2.45) is 0 Å². The van der Waals surface area contributed by atoms with Crippen LogP contribution in [0.4, 0.5) is 0 Å². The molecule has 2 saturated heterocycles. The van der Waals surface area contributed by atoms with Crippen LogP contribution < -0.4 is 10.1 Å². The van der Waals surface area contributed by atoms with Crippen LogP contribution >= 0.6 is 0 Å². The van der Waals surface area contributed by atoms with E-state index < -0.39 is 0 Å². The minimum Gasteiger partial charge on any atom is -0.497 e. The molecule has 2 bridgehead atoms. The van der Waals surface area contributed by atoms with Crippen LogP contribution in [0.25, 0.3) is 0 Å². The van der Waals surface area contributed by atoms with Crippen LogP contribution in [-0.2, 0) is 6.42 Å². The molecule has 0 spiro atoms. The number of aromatic nitrogens is 2. The molecule has 3 heterocycles. The summed E-state index contributed by atoms with van der Waals surface area (Å²) in [7, 11) is 1.67. The third kappa shape index (κ3) is 2.42. The average molecular weight is 285 g/mol. The van der Waals surface area contributed by atoms with Gasteiger partial charge in [-0.15, -0.1) is 0 Å². The minimum atomic E-state index is 0.398. The van der Waals surface area contributed by atoms with Crippen LogP contribution in [0.2, 0.25) is 0 Å². The van der Waals surface area contributed by atoms with Gasteiger partial charge in [0.15, 0.2) is 5.82 Å². The Hall–Kier alpha value is -1.88. The van der Waals surface area contributed by atoms with E-state index in [1.165, 1.54) is 12.8 Å². The van der Waals surface area contributed by atoms with Crippen LogP contribution in [0, 0.1) is 0 Å². The van der Waals surface area contributed by atoms with E-state index >= 15 is 0 Å². The fourth-order valence-corrected chi connectivity index (χ4v) is 3.55. The molecule has 4 rings (SSSR count). The van der Waals surface area contributed by atoms with Gasteiger partial charge in [-0.05, 0) is 37.0 Å². The van der Waals surface area contributed by atoms with Gasteiger partial charge in [0.1, 0.15) is 5.75 Å². The molecule has 2 fully saturated rings. The summed E-state index contributed by atoms with van der Waals surface area (Å²) in [5.41, 5.74) is 1.13. The molecule has 2 aliphatic rings. The molecule has 0 aliphatic carbocycles. The van der Waals surface area contributed by atoms with Gasteiger partial charge in [0.2, 0.25) is 5.89 Å². The first-order chi connectivity index (χ1) is 10.3. The summed E-state index contributed by atoms with van der Waals surface area (Å²) in [6, 6.07) is 9.15. The van der Waals surface area contributed by atoms with Crippen molar-refractivity contribution in [2.45, 2.75) is 43.7 Å². The molecule has 2 aromatic rings. The first-order valence-corrected chi connectivity index (χ1v) is 7.53. The van der Waals surface area contributed by atoms with Crippen molar-refractivity contribution in [3.63, 3.8) is 0 Å². The highest BCUT2D eigenvalue weighted by atomic mass is 16.5. The van der Waals surface area contributed by atoms with E-state index in [4.69, 9.17) is 9.26 Å². The molecule has 1 N–H and O–H groups in total. The number of ether oxygens (including phenoxy) is 1. The van der Waals surface area contributed by atoms with Crippen LogP contribution in [0.15, 0.2) is 28.8 Å². The Labute approximate surface area is 123 Å². The van der Waals surface area contributed by atoms with Gasteiger partial charge in [-0.2, -0.15) is 4.98 Å². The Balaban J connectivity index is 1.49. The maximum absolute atomic E-state index is 5.50. The Bertz CT molecular complexity index is 640. The predicted molar refractivity (Wildman–Crippen MR) is 77.4 cm³/mol. The van der Waals surface area contributed by atoms with E-state index in [9.17, 15) is 0 Å². The molecule has 2 aliphatic heterocycles. The number of benzene rings is 1. The highest BCUT2D eigenvalue weighted by Gasteiger charge is 2.42. The van der Waals surface area contributed by atoms with Crippen molar-refractivity contribution in [1.82, 2.24) is 15.5 Å². The third-order valence-electron chi connectivity index (χ3n) is 4.60. The highest BCUT2D eigenvalue weighted by Crippen LogP contribution is 2.39. The summed E-state index contributed by atoms with van der Waals surface area (Å²) in [5.74, 6) is 2.80. The molecule has 3 atom stereocenters. The number of hydrogen-bond donors (Lipinski definition) is 1. The van der Waals surface area contributed by atoms with E-state index in [2.05, 4.69) is 21.5 Å². The zero-order valence-electron chi connectivity index (χ0n) is 12.1. The molecular weight excluding hydrogens is 266 g/mol. The molecule has 0 amide bonds. The zero-order valence-corrected chi connectivity index (χ0v) is 12.1. The SMILES string of the molecule is COc1cccc(Cc2noc(C3CC4CCC3N4)n2)c1. The monoisotopic (exact) mass is 285 g/mol. The maximum Gasteiger partial charge on any atom is 0.231 e. The largest absolute Gasteiger partial charge is 0.497 e. The van der Waals surface area contributed by atoms with Crippen LogP contribution in [0.1, 0.15) is 42.5 Å². The molecule has 1 aromatic carbocycles. The topological polar surface area (TPSA) is 60.2 Å². The van der Waals surface area contributed by atoms with Gasteiger partial charge in [0.05, 0.1) is 13.0 Å². The summed E-state index contributed by atoms with van der Waals surface area (Å²) in [5, 5.41) is 7.75. The van der Waals surface area contributed by atoms with E-state index in [0.29, 0.717) is 24.4 Å². The Morgan fingerprint density at radius 2 is 2.33 bits per heavy atom. The smallest absolute Gasteiger partial charge is 0.231 e. The number of rotatable bonds is 4. The lowest BCUT2D eigenvalue weighted by molar-refractivity contribution is 0.327. The van der Waals surface area contributed by atoms with Gasteiger partial charge in [0, 0.05) is 18.5 Å². The number of hydrogen-bond acceptors (Lipinski definition) is 5. The second kappa shape index (κ2) is 5.15. The van der Waals surface area contributed by atoms with Crippen molar-refractivity contribution >= 4 is 0 Å². The van der Waals surface area contributed by atoms with Gasteiger partial charge in [-0.1, -0.05) is 17.3 Å². The molecule has 0 saturated carbocycles. The van der Waals surface area contributed by atoms with Gasteiger partial charge < -0.3 is 14.6 Å². The van der Waals surface area contributed by atoms with Crippen LogP contribution in [-0.4, -0.2) is 29.3 Å². The van der Waals surface area contributed by atoms with Gasteiger partial charge in [-0.3, -0.25) is 0 Å². The van der Waals surface area contributed by atoms with Crippen molar-refractivity contribution in [1.29, 1.82) is 0 Å². The average Bonchev–Trinajstić information content (AvgIpc) is 3.23. The zero-order chi connectivity index (χ0) is 14.2. The van der Waals surface area contributed by atoms with Crippen LogP contribution in [0.5, 0.6) is 5.75 Å². The van der Waals surface area contributed by atoms with Crippen molar-refractivity contribution < 1.29 is 9.26 Å². The standard InChI is InChI=1S/C16H19N3O2/c1-20-12-4-2-3-10(7-12)8-15-18-16(21-19-15)13-9-11-5-6-14(13)17-11/h2-4,7,11,13-14,17H,5-6,8-9H2,1H3. The Kier molecular flexibility index (Phi) is 3.15. The molecule has 5 nitrogen and oxygen atoms in total. The maximum atomic E-state index is 5.50. The summed E-state index contributed by atoms with van der Waals surface area (Å²) < 4.78 is 10.7. The van der Waals surface area contributed by atoms with Crippen molar-refractivity contribution in [2.75, 3.05) is 7.11 Å². The lowest BCUT2D eigenvalue weighted by atomic mass is 9.89. The van der Waals surface area contributed by atoms with E-state index in [-0.39, 0.29) is 0 Å². The molecule has 1 aromatic heterocycles. The lowest BCUT2D eigenvalue weighted by Gasteiger charge is -2.15. The molecule has 5 heteroatoms. The molecule has 21 heavy (non-hydrogen) atoms. The second-order valence-electron chi connectivity index (χ2n) is 5.97. The second-order valence-corrected chi connectivity index (χ2v) is 5.97. The summed E-state index contributed by atoms with van der Waals surface area (Å²) >= 11 is 0. The normalized spacial score (nSPS) is 27.2. The molecule has 3 unspecified atom stereocenters. The summed E-state index contributed by atoms with van der Waals surface area (Å²) in [6.07, 6.45) is 4.31. The highest BCUT2D eigenvalue weighted by molar-refractivity contribution is 5.30. The van der Waals surface area contributed by atoms with Crippen LogP contribution in [0.3, 0.4) is 0 Å². The first kappa shape index (κ1) is 12.8. The fraction of sp³-hybridized carbons (Fsp3) is 0.500. The number of nitrogens with zero attached hydrogens (tertiary/aromatic N) is 2. The number of fused-ring (bicyclic) bond motifs is 2. The number of methoxy groups -OCH3 is 1. The quantitative estimate of drug-likeness (QED) is 0.934. The summed E-state index contributed by atoms with van der Waals surface area (Å²) in [4.78, 5) is 4.60. The van der Waals surface area contributed by atoms with Gasteiger partial charge >= 0.3 is 0 Å². The summed E-state index contributed by atoms with van der Waals surface area (Å²) in [6.45, 7) is 0. The van der Waals surface area contributed by atoms with Crippen molar-refractivity contribution in [3.05, 3.63) is 41.5 Å².